The zero-order chi connectivity index (χ0) is 13.7. The molecule has 2 aromatic rings. The van der Waals surface area contributed by atoms with Crippen LogP contribution in [0.15, 0.2) is 53.6 Å². The molecular formula is C16H16N2O. The number of benzene rings is 2. The van der Waals surface area contributed by atoms with Gasteiger partial charge in [-0.05, 0) is 37.1 Å². The highest BCUT2D eigenvalue weighted by molar-refractivity contribution is 5.95. The molecule has 96 valence electrons. The first kappa shape index (κ1) is 13.0. The van der Waals surface area contributed by atoms with Crippen LogP contribution in [0.2, 0.25) is 0 Å². The number of nitrogens with zero attached hydrogens (tertiary/aromatic N) is 1. The van der Waals surface area contributed by atoms with Crippen molar-refractivity contribution in [3.63, 3.8) is 0 Å². The van der Waals surface area contributed by atoms with Gasteiger partial charge in [-0.25, -0.2) is 5.43 Å². The van der Waals surface area contributed by atoms with Crippen LogP contribution in [0.3, 0.4) is 0 Å². The van der Waals surface area contributed by atoms with E-state index in [0.29, 0.717) is 5.56 Å². The highest BCUT2D eigenvalue weighted by Gasteiger charge is 2.02. The normalized spacial score (nSPS) is 10.6. The van der Waals surface area contributed by atoms with Crippen LogP contribution in [-0.2, 0) is 0 Å². The van der Waals surface area contributed by atoms with Crippen molar-refractivity contribution in [2.24, 2.45) is 5.10 Å². The monoisotopic (exact) mass is 252 g/mol. The fourth-order valence-electron chi connectivity index (χ4n) is 1.66. The standard InChI is InChI=1S/C16H16N2O/c1-12-7-9-14(10-8-12)16(19)18-17-11-15-6-4-3-5-13(15)2/h3-11H,1-2H3,(H,18,19). The molecule has 0 saturated heterocycles. The molecule has 1 N–H and O–H groups in total. The van der Waals surface area contributed by atoms with Gasteiger partial charge in [0.15, 0.2) is 0 Å². The quantitative estimate of drug-likeness (QED) is 0.662. The predicted octanol–water partition coefficient (Wildman–Crippen LogP) is 3.07. The molecule has 3 nitrogen and oxygen atoms in total. The molecule has 0 aliphatic heterocycles. The number of carbonyl (C=O) groups excluding carboxylic acids is 1. The highest BCUT2D eigenvalue weighted by Crippen LogP contribution is 2.04. The second kappa shape index (κ2) is 5.96. The Balaban J connectivity index is 2.01. The fourth-order valence-corrected chi connectivity index (χ4v) is 1.66. The summed E-state index contributed by atoms with van der Waals surface area (Å²) in [5.41, 5.74) is 6.37. The van der Waals surface area contributed by atoms with Gasteiger partial charge >= 0.3 is 0 Å². The molecule has 0 fully saturated rings. The van der Waals surface area contributed by atoms with Crippen molar-refractivity contribution in [2.75, 3.05) is 0 Å². The van der Waals surface area contributed by atoms with Gasteiger partial charge < -0.3 is 0 Å². The van der Waals surface area contributed by atoms with Gasteiger partial charge in [-0.15, -0.1) is 0 Å². The van der Waals surface area contributed by atoms with Gasteiger partial charge in [-0.2, -0.15) is 5.10 Å². The number of hydrogen-bond donors (Lipinski definition) is 1. The van der Waals surface area contributed by atoms with Gasteiger partial charge in [-0.1, -0.05) is 42.0 Å². The Morgan fingerprint density at radius 3 is 2.42 bits per heavy atom. The summed E-state index contributed by atoms with van der Waals surface area (Å²) in [7, 11) is 0. The smallest absolute Gasteiger partial charge is 0.267 e. The van der Waals surface area contributed by atoms with Gasteiger partial charge in [0.25, 0.3) is 5.91 Å². The molecule has 0 bridgehead atoms. The van der Waals surface area contributed by atoms with Crippen molar-refractivity contribution >= 4 is 12.1 Å². The third kappa shape index (κ3) is 3.52. The largest absolute Gasteiger partial charge is 0.271 e. The highest BCUT2D eigenvalue weighted by atomic mass is 16.2. The van der Waals surface area contributed by atoms with Crippen LogP contribution in [0.1, 0.15) is 27.0 Å². The third-order valence-electron chi connectivity index (χ3n) is 2.87. The second-order valence-electron chi connectivity index (χ2n) is 4.42. The molecule has 0 aliphatic rings. The molecule has 0 aliphatic carbocycles. The number of amides is 1. The van der Waals surface area contributed by atoms with E-state index < -0.39 is 0 Å². The van der Waals surface area contributed by atoms with Crippen molar-refractivity contribution in [3.05, 3.63) is 70.8 Å². The van der Waals surface area contributed by atoms with E-state index in [-0.39, 0.29) is 5.91 Å². The summed E-state index contributed by atoms with van der Waals surface area (Å²) >= 11 is 0. The lowest BCUT2D eigenvalue weighted by Crippen LogP contribution is -2.17. The number of hydrazone groups is 1. The molecule has 0 saturated carbocycles. The van der Waals surface area contributed by atoms with Crippen molar-refractivity contribution in [2.45, 2.75) is 13.8 Å². The van der Waals surface area contributed by atoms with Crippen LogP contribution in [0.4, 0.5) is 0 Å². The van der Waals surface area contributed by atoms with E-state index in [4.69, 9.17) is 0 Å². The van der Waals surface area contributed by atoms with Crippen LogP contribution < -0.4 is 5.43 Å². The summed E-state index contributed by atoms with van der Waals surface area (Å²) in [6, 6.07) is 15.2. The number of hydrogen-bond acceptors (Lipinski definition) is 2. The Hall–Kier alpha value is -2.42. The van der Waals surface area contributed by atoms with Crippen LogP contribution in [0, 0.1) is 13.8 Å². The minimum Gasteiger partial charge on any atom is -0.267 e. The minimum absolute atomic E-state index is 0.204. The van der Waals surface area contributed by atoms with Crippen molar-refractivity contribution in [1.82, 2.24) is 5.43 Å². The van der Waals surface area contributed by atoms with Crippen LogP contribution in [0.25, 0.3) is 0 Å². The zero-order valence-corrected chi connectivity index (χ0v) is 11.1. The Labute approximate surface area is 113 Å². The van der Waals surface area contributed by atoms with E-state index in [9.17, 15) is 4.79 Å². The SMILES string of the molecule is Cc1ccc(C(=O)NN=Cc2ccccc2C)cc1. The maximum absolute atomic E-state index is 11.8. The summed E-state index contributed by atoms with van der Waals surface area (Å²) in [5, 5.41) is 3.98. The van der Waals surface area contributed by atoms with Gasteiger partial charge in [0.2, 0.25) is 0 Å². The van der Waals surface area contributed by atoms with Gasteiger partial charge in [0.1, 0.15) is 0 Å². The molecule has 2 aromatic carbocycles. The lowest BCUT2D eigenvalue weighted by Gasteiger charge is -2.01. The minimum atomic E-state index is -0.204. The maximum atomic E-state index is 11.8. The average molecular weight is 252 g/mol. The van der Waals surface area contributed by atoms with Crippen molar-refractivity contribution < 1.29 is 4.79 Å². The molecule has 0 spiro atoms. The third-order valence-corrected chi connectivity index (χ3v) is 2.87. The number of rotatable bonds is 3. The molecule has 0 heterocycles. The molecule has 0 atom stereocenters. The summed E-state index contributed by atoms with van der Waals surface area (Å²) < 4.78 is 0. The van der Waals surface area contributed by atoms with E-state index in [1.54, 1.807) is 18.3 Å². The summed E-state index contributed by atoms with van der Waals surface area (Å²) in [4.78, 5) is 11.8. The van der Waals surface area contributed by atoms with Gasteiger partial charge in [-0.3, -0.25) is 4.79 Å². The molecule has 2 rings (SSSR count). The van der Waals surface area contributed by atoms with Crippen molar-refractivity contribution in [1.29, 1.82) is 0 Å². The fraction of sp³-hybridized carbons (Fsp3) is 0.125. The van der Waals surface area contributed by atoms with E-state index in [0.717, 1.165) is 16.7 Å². The first-order chi connectivity index (χ1) is 9.16. The molecule has 0 unspecified atom stereocenters. The maximum Gasteiger partial charge on any atom is 0.271 e. The lowest BCUT2D eigenvalue weighted by atomic mass is 10.1. The summed E-state index contributed by atoms with van der Waals surface area (Å²) in [5.74, 6) is -0.204. The molecule has 19 heavy (non-hydrogen) atoms. The average Bonchev–Trinajstić information content (AvgIpc) is 2.41. The number of aryl methyl sites for hydroxylation is 2. The predicted molar refractivity (Wildman–Crippen MR) is 77.4 cm³/mol. The Bertz CT molecular complexity index is 600. The van der Waals surface area contributed by atoms with E-state index in [2.05, 4.69) is 10.5 Å². The summed E-state index contributed by atoms with van der Waals surface area (Å²) in [6.45, 7) is 3.99. The van der Waals surface area contributed by atoms with Crippen molar-refractivity contribution in [3.8, 4) is 0 Å². The molecule has 0 radical (unpaired) electrons. The number of nitrogens with one attached hydrogen (secondary N) is 1. The molecule has 3 heteroatoms. The number of carbonyl (C=O) groups is 1. The van der Waals surface area contributed by atoms with E-state index >= 15 is 0 Å². The summed E-state index contributed by atoms with van der Waals surface area (Å²) in [6.07, 6.45) is 1.65. The van der Waals surface area contributed by atoms with Gasteiger partial charge in [0.05, 0.1) is 6.21 Å². The van der Waals surface area contributed by atoms with E-state index in [1.165, 1.54) is 0 Å². The topological polar surface area (TPSA) is 41.5 Å². The Morgan fingerprint density at radius 2 is 1.74 bits per heavy atom. The van der Waals surface area contributed by atoms with Gasteiger partial charge in [0, 0.05) is 5.56 Å². The molecular weight excluding hydrogens is 236 g/mol. The Morgan fingerprint density at radius 1 is 1.05 bits per heavy atom. The van der Waals surface area contributed by atoms with E-state index in [1.807, 2.05) is 50.2 Å². The zero-order valence-electron chi connectivity index (χ0n) is 11.1. The van der Waals surface area contributed by atoms with Crippen LogP contribution in [-0.4, -0.2) is 12.1 Å². The second-order valence-corrected chi connectivity index (χ2v) is 4.42. The first-order valence-corrected chi connectivity index (χ1v) is 6.12. The molecule has 0 aromatic heterocycles. The lowest BCUT2D eigenvalue weighted by molar-refractivity contribution is 0.0955. The Kier molecular flexibility index (Phi) is 4.08. The first-order valence-electron chi connectivity index (χ1n) is 6.12. The van der Waals surface area contributed by atoms with Crippen LogP contribution >= 0.6 is 0 Å². The van der Waals surface area contributed by atoms with Crippen LogP contribution in [0.5, 0.6) is 0 Å². The molecule has 1 amide bonds.